The third-order valence-electron chi connectivity index (χ3n) is 6.30. The molecule has 1 saturated heterocycles. The minimum Gasteiger partial charge on any atom is -0.424 e. The van der Waals surface area contributed by atoms with Gasteiger partial charge in [-0.1, -0.05) is 18.5 Å². The van der Waals surface area contributed by atoms with Crippen molar-refractivity contribution in [3.05, 3.63) is 71.0 Å². The number of carbonyl (C=O) groups is 1. The summed E-state index contributed by atoms with van der Waals surface area (Å²) in [6.07, 6.45) is 4.61. The van der Waals surface area contributed by atoms with Crippen LogP contribution < -0.4 is 5.32 Å². The second-order valence-corrected chi connectivity index (χ2v) is 8.99. The van der Waals surface area contributed by atoms with E-state index in [0.29, 0.717) is 35.2 Å². The number of hydrogen-bond donors (Lipinski definition) is 1. The van der Waals surface area contributed by atoms with Gasteiger partial charge in [-0.15, -0.1) is 0 Å². The second kappa shape index (κ2) is 9.58. The van der Waals surface area contributed by atoms with Crippen LogP contribution in [0, 0.1) is 17.6 Å². The molecule has 0 spiro atoms. The standard InChI is InChI=1S/C25H22ClF2N5O2/c1-14-4-2-11-33(19(14)13-31-25-32-18-8-5-15(26)12-20(18)35-25)24(34)21-16(6-7-17(27)22(21)28)23-29-9-3-10-30-23/h3,5-10,12,14,19H,2,4,11,13H2,1H3,(H,31,32)/t14-,19-/m1/s1. The normalized spacial score (nSPS) is 18.1. The molecular formula is C25H22ClF2N5O2. The van der Waals surface area contributed by atoms with Crippen LogP contribution in [0.25, 0.3) is 22.5 Å². The smallest absolute Gasteiger partial charge is 0.295 e. The van der Waals surface area contributed by atoms with Crippen LogP contribution in [0.5, 0.6) is 0 Å². The van der Waals surface area contributed by atoms with Gasteiger partial charge in [-0.3, -0.25) is 4.79 Å². The lowest BCUT2D eigenvalue weighted by molar-refractivity contribution is 0.0534. The number of carbonyl (C=O) groups excluding carboxylic acids is 1. The van der Waals surface area contributed by atoms with E-state index in [-0.39, 0.29) is 28.9 Å². The maximum atomic E-state index is 15.0. The number of nitrogens with zero attached hydrogens (tertiary/aromatic N) is 4. The van der Waals surface area contributed by atoms with E-state index in [0.717, 1.165) is 18.9 Å². The van der Waals surface area contributed by atoms with Gasteiger partial charge in [0.15, 0.2) is 23.0 Å². The lowest BCUT2D eigenvalue weighted by Gasteiger charge is -2.40. The van der Waals surface area contributed by atoms with Crippen LogP contribution in [-0.2, 0) is 0 Å². The first-order valence-electron chi connectivity index (χ1n) is 11.3. The van der Waals surface area contributed by atoms with Crippen LogP contribution in [0.15, 0.2) is 53.2 Å². The van der Waals surface area contributed by atoms with Crippen LogP contribution in [0.2, 0.25) is 5.02 Å². The van der Waals surface area contributed by atoms with E-state index in [9.17, 15) is 9.18 Å². The molecule has 0 saturated carbocycles. The molecular weight excluding hydrogens is 476 g/mol. The van der Waals surface area contributed by atoms with Gasteiger partial charge in [-0.25, -0.2) is 18.7 Å². The highest BCUT2D eigenvalue weighted by Crippen LogP contribution is 2.31. The van der Waals surface area contributed by atoms with Gasteiger partial charge in [0.1, 0.15) is 5.52 Å². The average molecular weight is 498 g/mol. The zero-order chi connectivity index (χ0) is 24.5. The number of halogens is 3. The molecule has 2 aromatic carbocycles. The SMILES string of the molecule is C[C@@H]1CCCN(C(=O)c2c(-c3ncccn3)ccc(F)c2F)[C@@H]1CNc1nc2ccc(Cl)cc2o1. The van der Waals surface area contributed by atoms with Crippen molar-refractivity contribution in [2.75, 3.05) is 18.4 Å². The summed E-state index contributed by atoms with van der Waals surface area (Å²) in [5.74, 6) is -2.66. The summed E-state index contributed by atoms with van der Waals surface area (Å²) in [6.45, 7) is 2.76. The molecule has 5 rings (SSSR count). The van der Waals surface area contributed by atoms with Gasteiger partial charge in [0.2, 0.25) is 0 Å². The Balaban J connectivity index is 1.45. The predicted octanol–water partition coefficient (Wildman–Crippen LogP) is 5.57. The molecule has 1 fully saturated rings. The number of aromatic nitrogens is 3. The molecule has 1 aliphatic heterocycles. The summed E-state index contributed by atoms with van der Waals surface area (Å²) < 4.78 is 35.0. The molecule has 0 unspecified atom stereocenters. The summed E-state index contributed by atoms with van der Waals surface area (Å²) in [5, 5.41) is 3.69. The van der Waals surface area contributed by atoms with Crippen LogP contribution in [0.4, 0.5) is 14.8 Å². The van der Waals surface area contributed by atoms with Crippen LogP contribution in [0.3, 0.4) is 0 Å². The van der Waals surface area contributed by atoms with E-state index in [2.05, 4.69) is 20.3 Å². The molecule has 2 atom stereocenters. The van der Waals surface area contributed by atoms with Crippen molar-refractivity contribution in [2.24, 2.45) is 5.92 Å². The highest BCUT2D eigenvalue weighted by molar-refractivity contribution is 6.31. The summed E-state index contributed by atoms with van der Waals surface area (Å²) >= 11 is 6.02. The monoisotopic (exact) mass is 497 g/mol. The Morgan fingerprint density at radius 2 is 2.03 bits per heavy atom. The van der Waals surface area contributed by atoms with E-state index in [4.69, 9.17) is 16.0 Å². The molecule has 180 valence electrons. The number of nitrogens with one attached hydrogen (secondary N) is 1. The fourth-order valence-electron chi connectivity index (χ4n) is 4.51. The molecule has 1 amide bonds. The maximum absolute atomic E-state index is 15.0. The topological polar surface area (TPSA) is 84.2 Å². The van der Waals surface area contributed by atoms with Gasteiger partial charge in [-0.05, 0) is 49.1 Å². The number of rotatable bonds is 5. The molecule has 2 aromatic heterocycles. The number of amides is 1. The molecule has 1 N–H and O–H groups in total. The number of likely N-dealkylation sites (tertiary alicyclic amines) is 1. The lowest BCUT2D eigenvalue weighted by atomic mass is 9.89. The van der Waals surface area contributed by atoms with Crippen LogP contribution in [-0.4, -0.2) is 44.9 Å². The summed E-state index contributed by atoms with van der Waals surface area (Å²) in [6, 6.07) is 9.07. The van der Waals surface area contributed by atoms with Gasteiger partial charge in [0, 0.05) is 42.1 Å². The van der Waals surface area contributed by atoms with Gasteiger partial charge < -0.3 is 14.6 Å². The Morgan fingerprint density at radius 3 is 2.83 bits per heavy atom. The number of oxazole rings is 1. The largest absolute Gasteiger partial charge is 0.424 e. The Kier molecular flexibility index (Phi) is 6.34. The average Bonchev–Trinajstić information content (AvgIpc) is 3.26. The van der Waals surface area contributed by atoms with E-state index in [1.807, 2.05) is 6.92 Å². The first-order chi connectivity index (χ1) is 16.9. The molecule has 0 bridgehead atoms. The van der Waals surface area contributed by atoms with Crippen molar-refractivity contribution in [3.8, 4) is 11.4 Å². The van der Waals surface area contributed by atoms with Gasteiger partial charge in [-0.2, -0.15) is 4.98 Å². The third kappa shape index (κ3) is 4.55. The molecule has 7 nitrogen and oxygen atoms in total. The molecule has 35 heavy (non-hydrogen) atoms. The van der Waals surface area contributed by atoms with Crippen LogP contribution >= 0.6 is 11.6 Å². The molecule has 10 heteroatoms. The molecule has 3 heterocycles. The fraction of sp³-hybridized carbons (Fsp3) is 0.280. The fourth-order valence-corrected chi connectivity index (χ4v) is 4.67. The molecule has 1 aliphatic rings. The first kappa shape index (κ1) is 23.2. The predicted molar refractivity (Wildman–Crippen MR) is 128 cm³/mol. The van der Waals surface area contributed by atoms with Crippen molar-refractivity contribution >= 4 is 34.6 Å². The number of benzene rings is 2. The highest BCUT2D eigenvalue weighted by Gasteiger charge is 2.35. The van der Waals surface area contributed by atoms with Crippen molar-refractivity contribution in [3.63, 3.8) is 0 Å². The van der Waals surface area contributed by atoms with Crippen LogP contribution in [0.1, 0.15) is 30.1 Å². The molecule has 4 aromatic rings. The minimum absolute atomic E-state index is 0.104. The first-order valence-corrected chi connectivity index (χ1v) is 11.7. The third-order valence-corrected chi connectivity index (χ3v) is 6.54. The number of piperidine rings is 1. The Labute approximate surface area is 205 Å². The van der Waals surface area contributed by atoms with E-state index in [1.54, 1.807) is 29.2 Å². The summed E-state index contributed by atoms with van der Waals surface area (Å²) in [7, 11) is 0. The lowest BCUT2D eigenvalue weighted by Crippen LogP contribution is -2.51. The van der Waals surface area contributed by atoms with Gasteiger partial charge in [0.05, 0.1) is 11.6 Å². The van der Waals surface area contributed by atoms with Crippen molar-refractivity contribution < 1.29 is 18.0 Å². The highest BCUT2D eigenvalue weighted by atomic mass is 35.5. The van der Waals surface area contributed by atoms with E-state index >= 15 is 4.39 Å². The molecule has 0 aliphatic carbocycles. The zero-order valence-electron chi connectivity index (χ0n) is 18.8. The Morgan fingerprint density at radius 1 is 1.23 bits per heavy atom. The molecule has 0 radical (unpaired) electrons. The minimum atomic E-state index is -1.21. The maximum Gasteiger partial charge on any atom is 0.295 e. The number of anilines is 1. The van der Waals surface area contributed by atoms with Gasteiger partial charge >= 0.3 is 0 Å². The quantitative estimate of drug-likeness (QED) is 0.388. The van der Waals surface area contributed by atoms with E-state index in [1.165, 1.54) is 18.5 Å². The summed E-state index contributed by atoms with van der Waals surface area (Å²) in [5.41, 5.74) is 0.969. The zero-order valence-corrected chi connectivity index (χ0v) is 19.6. The van der Waals surface area contributed by atoms with E-state index < -0.39 is 17.5 Å². The second-order valence-electron chi connectivity index (χ2n) is 8.55. The Bertz CT molecular complexity index is 1380. The summed E-state index contributed by atoms with van der Waals surface area (Å²) in [4.78, 5) is 28.0. The van der Waals surface area contributed by atoms with Crippen molar-refractivity contribution in [2.45, 2.75) is 25.8 Å². The Hall–Kier alpha value is -3.59. The number of fused-ring (bicyclic) bond motifs is 1. The number of hydrogen-bond acceptors (Lipinski definition) is 6. The van der Waals surface area contributed by atoms with Gasteiger partial charge in [0.25, 0.3) is 11.9 Å². The van der Waals surface area contributed by atoms with Crippen molar-refractivity contribution in [1.29, 1.82) is 0 Å². The van der Waals surface area contributed by atoms with Crippen molar-refractivity contribution in [1.82, 2.24) is 19.9 Å².